The van der Waals surface area contributed by atoms with Crippen LogP contribution in [0, 0.1) is 0 Å². The molecule has 0 radical (unpaired) electrons. The van der Waals surface area contributed by atoms with Crippen molar-refractivity contribution in [3.05, 3.63) is 47.5 Å². The Morgan fingerprint density at radius 2 is 1.88 bits per heavy atom. The number of likely N-dealkylation sites (tertiary alicyclic amines) is 1. The van der Waals surface area contributed by atoms with Gasteiger partial charge in [0.05, 0.1) is 6.04 Å². The van der Waals surface area contributed by atoms with E-state index >= 15 is 0 Å². The van der Waals surface area contributed by atoms with Gasteiger partial charge in [0.25, 0.3) is 0 Å². The second-order valence-corrected chi connectivity index (χ2v) is 7.27. The molecule has 0 bridgehead atoms. The van der Waals surface area contributed by atoms with Gasteiger partial charge in [-0.2, -0.15) is 5.10 Å². The Balaban J connectivity index is 1.61. The number of piperidine rings is 1. The van der Waals surface area contributed by atoms with Crippen molar-refractivity contribution in [1.29, 1.82) is 0 Å². The molecule has 2 aliphatic rings. The Labute approximate surface area is 148 Å². The molecule has 1 aromatic carbocycles. The van der Waals surface area contributed by atoms with Gasteiger partial charge in [0.1, 0.15) is 17.7 Å². The lowest BCUT2D eigenvalue weighted by molar-refractivity contribution is -0.134. The number of H-pyrrole nitrogens is 1. The van der Waals surface area contributed by atoms with Crippen molar-refractivity contribution in [2.75, 3.05) is 13.1 Å². The number of carbonyl (C=O) groups excluding carboxylic acids is 1. The third-order valence-corrected chi connectivity index (χ3v) is 5.66. The number of hydrogen-bond acceptors (Lipinski definition) is 4. The number of carbonyl (C=O) groups is 1. The summed E-state index contributed by atoms with van der Waals surface area (Å²) in [5.41, 5.74) is 2.13. The third-order valence-electron chi connectivity index (χ3n) is 5.66. The summed E-state index contributed by atoms with van der Waals surface area (Å²) in [7, 11) is 0. The first-order chi connectivity index (χ1) is 12.2. The summed E-state index contributed by atoms with van der Waals surface area (Å²) in [6.45, 7) is 3.95. The van der Waals surface area contributed by atoms with Crippen molar-refractivity contribution in [2.45, 2.75) is 50.6 Å². The maximum absolute atomic E-state index is 13.4. The number of nitrogens with zero attached hydrogens (tertiary/aromatic N) is 3. The molecule has 1 fully saturated rings. The minimum atomic E-state index is -0.474. The zero-order valence-corrected chi connectivity index (χ0v) is 14.7. The van der Waals surface area contributed by atoms with Gasteiger partial charge in [-0.3, -0.25) is 14.8 Å². The van der Waals surface area contributed by atoms with Crippen molar-refractivity contribution < 1.29 is 4.79 Å². The Bertz CT molecular complexity index is 711. The van der Waals surface area contributed by atoms with Gasteiger partial charge in [0.2, 0.25) is 5.91 Å². The maximum atomic E-state index is 13.4. The quantitative estimate of drug-likeness (QED) is 0.894. The third kappa shape index (κ3) is 2.95. The van der Waals surface area contributed by atoms with Crippen LogP contribution in [0.4, 0.5) is 0 Å². The Kier molecular flexibility index (Phi) is 4.29. The molecule has 1 aliphatic carbocycles. The first-order valence-electron chi connectivity index (χ1n) is 9.17. The fraction of sp³-hybridized carbons (Fsp3) is 0.526. The van der Waals surface area contributed by atoms with E-state index in [4.69, 9.17) is 0 Å². The predicted octanol–water partition coefficient (Wildman–Crippen LogP) is 2.01. The van der Waals surface area contributed by atoms with Gasteiger partial charge in [0.15, 0.2) is 0 Å². The van der Waals surface area contributed by atoms with E-state index in [1.807, 2.05) is 6.92 Å². The van der Waals surface area contributed by atoms with Crippen LogP contribution in [0.3, 0.4) is 0 Å². The second-order valence-electron chi connectivity index (χ2n) is 7.27. The number of rotatable bonds is 4. The van der Waals surface area contributed by atoms with Gasteiger partial charge < -0.3 is 5.32 Å². The molecule has 132 valence electrons. The van der Waals surface area contributed by atoms with Crippen LogP contribution in [0.25, 0.3) is 0 Å². The molecule has 1 aromatic heterocycles. The predicted molar refractivity (Wildman–Crippen MR) is 94.9 cm³/mol. The minimum absolute atomic E-state index is 0.106. The molecule has 4 rings (SSSR count). The minimum Gasteiger partial charge on any atom is -0.345 e. The number of aromatic amines is 1. The molecule has 1 atom stereocenters. The Morgan fingerprint density at radius 1 is 1.20 bits per heavy atom. The number of benzene rings is 1. The molecule has 25 heavy (non-hydrogen) atoms. The highest BCUT2D eigenvalue weighted by Crippen LogP contribution is 2.37. The maximum Gasteiger partial charge on any atom is 0.241 e. The molecule has 1 saturated heterocycles. The molecular formula is C19H25N5O. The summed E-state index contributed by atoms with van der Waals surface area (Å²) in [5, 5.41) is 9.93. The molecule has 0 spiro atoms. The average molecular weight is 339 g/mol. The van der Waals surface area contributed by atoms with E-state index < -0.39 is 5.54 Å². The monoisotopic (exact) mass is 339 g/mol. The van der Waals surface area contributed by atoms with Gasteiger partial charge in [-0.25, -0.2) is 4.98 Å². The van der Waals surface area contributed by atoms with Crippen LogP contribution in [-0.2, 0) is 17.6 Å². The largest absolute Gasteiger partial charge is 0.345 e. The smallest absolute Gasteiger partial charge is 0.241 e. The molecular weight excluding hydrogens is 314 g/mol. The highest BCUT2D eigenvalue weighted by molar-refractivity contribution is 5.88. The van der Waals surface area contributed by atoms with Gasteiger partial charge in [0, 0.05) is 12.8 Å². The van der Waals surface area contributed by atoms with Crippen LogP contribution in [-0.4, -0.2) is 44.6 Å². The van der Waals surface area contributed by atoms with Gasteiger partial charge >= 0.3 is 0 Å². The van der Waals surface area contributed by atoms with Crippen molar-refractivity contribution in [3.63, 3.8) is 0 Å². The summed E-state index contributed by atoms with van der Waals surface area (Å²) >= 11 is 0. The summed E-state index contributed by atoms with van der Waals surface area (Å²) in [6.07, 6.45) is 6.65. The standard InChI is InChI=1S/C19H25N5O/c1-14(17-20-13-21-23-17)22-18(25)19(24-9-5-2-6-10-24)11-15-7-3-4-8-16(15)12-19/h3-4,7-8,13-14H,2,5-6,9-12H2,1H3,(H,22,25)(H,20,21,23)/t14-/m0/s1. The second kappa shape index (κ2) is 6.59. The first kappa shape index (κ1) is 16.3. The lowest BCUT2D eigenvalue weighted by atomic mass is 9.89. The van der Waals surface area contributed by atoms with Crippen molar-refractivity contribution >= 4 is 5.91 Å². The van der Waals surface area contributed by atoms with Crippen LogP contribution >= 0.6 is 0 Å². The van der Waals surface area contributed by atoms with Crippen molar-refractivity contribution in [2.24, 2.45) is 0 Å². The van der Waals surface area contributed by atoms with E-state index in [9.17, 15) is 4.79 Å². The zero-order valence-electron chi connectivity index (χ0n) is 14.7. The van der Waals surface area contributed by atoms with E-state index in [0.717, 1.165) is 25.9 Å². The molecule has 1 amide bonds. The van der Waals surface area contributed by atoms with Crippen LogP contribution in [0.1, 0.15) is 49.2 Å². The van der Waals surface area contributed by atoms with Crippen LogP contribution in [0.2, 0.25) is 0 Å². The van der Waals surface area contributed by atoms with Crippen molar-refractivity contribution in [3.8, 4) is 0 Å². The SMILES string of the molecule is C[C@H](NC(=O)C1(N2CCCCC2)Cc2ccccc2C1)c1ncn[nH]1. The fourth-order valence-corrected chi connectivity index (χ4v) is 4.27. The number of amides is 1. The summed E-state index contributed by atoms with van der Waals surface area (Å²) < 4.78 is 0. The van der Waals surface area contributed by atoms with Gasteiger partial charge in [-0.15, -0.1) is 0 Å². The summed E-state index contributed by atoms with van der Waals surface area (Å²) in [5.74, 6) is 0.798. The lowest BCUT2D eigenvalue weighted by Crippen LogP contribution is -2.61. The van der Waals surface area contributed by atoms with Crippen LogP contribution in [0.5, 0.6) is 0 Å². The molecule has 0 saturated carbocycles. The Hall–Kier alpha value is -2.21. The topological polar surface area (TPSA) is 73.9 Å². The lowest BCUT2D eigenvalue weighted by Gasteiger charge is -2.42. The highest BCUT2D eigenvalue weighted by atomic mass is 16.2. The van der Waals surface area contributed by atoms with E-state index in [1.54, 1.807) is 0 Å². The number of fused-ring (bicyclic) bond motifs is 1. The van der Waals surface area contributed by atoms with Crippen LogP contribution in [0.15, 0.2) is 30.6 Å². The molecule has 2 N–H and O–H groups in total. The molecule has 2 aromatic rings. The Morgan fingerprint density at radius 3 is 2.48 bits per heavy atom. The first-order valence-corrected chi connectivity index (χ1v) is 9.17. The van der Waals surface area contributed by atoms with E-state index in [2.05, 4.69) is 49.7 Å². The molecule has 1 aliphatic heterocycles. The molecule has 6 nitrogen and oxygen atoms in total. The highest BCUT2D eigenvalue weighted by Gasteiger charge is 2.48. The zero-order chi connectivity index (χ0) is 17.3. The molecule has 2 heterocycles. The van der Waals surface area contributed by atoms with E-state index in [1.165, 1.54) is 36.7 Å². The normalized spacial score (nSPS) is 20.8. The summed E-state index contributed by atoms with van der Waals surface area (Å²) in [4.78, 5) is 20.0. The molecule has 0 unspecified atom stereocenters. The van der Waals surface area contributed by atoms with E-state index in [-0.39, 0.29) is 11.9 Å². The number of aromatic nitrogens is 3. The molecule has 6 heteroatoms. The summed E-state index contributed by atoms with van der Waals surface area (Å²) in [6, 6.07) is 8.28. The van der Waals surface area contributed by atoms with E-state index in [0.29, 0.717) is 5.82 Å². The fourth-order valence-electron chi connectivity index (χ4n) is 4.27. The van der Waals surface area contributed by atoms with Gasteiger partial charge in [-0.1, -0.05) is 30.7 Å². The number of hydrogen-bond donors (Lipinski definition) is 2. The average Bonchev–Trinajstić information content (AvgIpc) is 3.30. The number of nitrogens with one attached hydrogen (secondary N) is 2. The van der Waals surface area contributed by atoms with Gasteiger partial charge in [-0.05, 0) is 44.0 Å². The van der Waals surface area contributed by atoms with Crippen molar-refractivity contribution in [1.82, 2.24) is 25.4 Å². The van der Waals surface area contributed by atoms with Crippen LogP contribution < -0.4 is 5.32 Å².